The Kier molecular flexibility index (Phi) is 6.91. The molecule has 1 aliphatic heterocycles. The highest BCUT2D eigenvalue weighted by Crippen LogP contribution is 2.50. The zero-order valence-electron chi connectivity index (χ0n) is 21.4. The standard InChI is InChI=1S/C28H39N5O3/c1-31(2)28(22-9-4-3-5-10-22)16-14-26(15-17-28)20-32(19-24(34)30-23-11-6-7-18-29-23)25(35)33(26)21-27(36)12-8-13-27/h3-7,9-11,18,25,35-36H,8,12-17,19-21H2,1-2H3,(H,29,30,34)/t25?,26-,28+. The van der Waals surface area contributed by atoms with E-state index >= 15 is 0 Å². The normalized spacial score (nSPS) is 30.4. The van der Waals surface area contributed by atoms with Gasteiger partial charge in [0.15, 0.2) is 6.35 Å². The molecule has 3 N–H and O–H groups in total. The lowest BCUT2D eigenvalue weighted by Crippen LogP contribution is -2.60. The van der Waals surface area contributed by atoms with E-state index in [4.69, 9.17) is 0 Å². The van der Waals surface area contributed by atoms with Crippen molar-refractivity contribution in [2.75, 3.05) is 39.0 Å². The number of rotatable bonds is 7. The molecule has 36 heavy (non-hydrogen) atoms. The smallest absolute Gasteiger partial charge is 0.239 e. The van der Waals surface area contributed by atoms with Crippen LogP contribution < -0.4 is 5.32 Å². The third-order valence-corrected chi connectivity index (χ3v) is 8.92. The van der Waals surface area contributed by atoms with E-state index in [0.29, 0.717) is 18.9 Å². The molecule has 2 aliphatic carbocycles. The summed E-state index contributed by atoms with van der Waals surface area (Å²) in [6.07, 6.45) is 6.92. The van der Waals surface area contributed by atoms with Crippen LogP contribution in [0.5, 0.6) is 0 Å². The van der Waals surface area contributed by atoms with Crippen molar-refractivity contribution in [1.82, 2.24) is 19.7 Å². The summed E-state index contributed by atoms with van der Waals surface area (Å²) in [5, 5.41) is 25.4. The molecule has 2 heterocycles. The monoisotopic (exact) mass is 493 g/mol. The molecule has 2 saturated carbocycles. The zero-order chi connectivity index (χ0) is 25.4. The zero-order valence-corrected chi connectivity index (χ0v) is 21.4. The molecule has 1 aromatic heterocycles. The number of aromatic nitrogens is 1. The Morgan fingerprint density at radius 1 is 1.06 bits per heavy atom. The molecule has 3 aliphatic rings. The number of aliphatic hydroxyl groups is 2. The van der Waals surface area contributed by atoms with Gasteiger partial charge in [0.2, 0.25) is 5.91 Å². The SMILES string of the molecule is CN(C)[C@]1(c2ccccc2)CC[C@]2(CC1)CN(CC(=O)Nc1ccccn1)C(O)N2CC1(O)CCC1. The molecule has 0 radical (unpaired) electrons. The Balaban J connectivity index is 1.36. The van der Waals surface area contributed by atoms with Crippen molar-refractivity contribution in [2.45, 2.75) is 68.0 Å². The lowest BCUT2D eigenvalue weighted by Gasteiger charge is -2.53. The van der Waals surface area contributed by atoms with Gasteiger partial charge in [-0.1, -0.05) is 36.4 Å². The Labute approximate surface area is 213 Å². The molecule has 1 saturated heterocycles. The van der Waals surface area contributed by atoms with Crippen LogP contribution in [-0.2, 0) is 10.3 Å². The number of nitrogens with zero attached hydrogens (tertiary/aromatic N) is 4. The molecule has 2 aromatic rings. The van der Waals surface area contributed by atoms with Crippen molar-refractivity contribution >= 4 is 11.7 Å². The van der Waals surface area contributed by atoms with Crippen LogP contribution in [0.15, 0.2) is 54.7 Å². The number of anilines is 1. The Bertz CT molecular complexity index is 1040. The quantitative estimate of drug-likeness (QED) is 0.546. The van der Waals surface area contributed by atoms with Gasteiger partial charge in [0.25, 0.3) is 0 Å². The van der Waals surface area contributed by atoms with Gasteiger partial charge in [0.1, 0.15) is 5.82 Å². The fourth-order valence-corrected chi connectivity index (χ4v) is 6.56. The van der Waals surface area contributed by atoms with Gasteiger partial charge < -0.3 is 15.5 Å². The van der Waals surface area contributed by atoms with Crippen LogP contribution in [-0.4, -0.2) is 87.0 Å². The van der Waals surface area contributed by atoms with E-state index in [9.17, 15) is 15.0 Å². The molecule has 3 fully saturated rings. The summed E-state index contributed by atoms with van der Waals surface area (Å²) in [7, 11) is 4.30. The first kappa shape index (κ1) is 25.3. The maximum atomic E-state index is 12.8. The first-order valence-corrected chi connectivity index (χ1v) is 13.1. The van der Waals surface area contributed by atoms with Crippen molar-refractivity contribution in [2.24, 2.45) is 0 Å². The van der Waals surface area contributed by atoms with E-state index in [0.717, 1.165) is 44.9 Å². The van der Waals surface area contributed by atoms with Crippen molar-refractivity contribution in [3.8, 4) is 0 Å². The van der Waals surface area contributed by atoms with Crippen LogP contribution in [0.25, 0.3) is 0 Å². The van der Waals surface area contributed by atoms with E-state index in [2.05, 4.69) is 64.5 Å². The molecule has 5 rings (SSSR count). The summed E-state index contributed by atoms with van der Waals surface area (Å²) in [6, 6.07) is 16.1. The molecule has 1 atom stereocenters. The molecule has 1 unspecified atom stereocenters. The number of β-amino-alcohol motifs (C(OH)–C–C–N with tert-alkyl or cyclic N) is 1. The van der Waals surface area contributed by atoms with Crippen molar-refractivity contribution in [1.29, 1.82) is 0 Å². The van der Waals surface area contributed by atoms with E-state index in [-0.39, 0.29) is 23.5 Å². The second-order valence-corrected chi connectivity index (χ2v) is 11.2. The van der Waals surface area contributed by atoms with Crippen molar-refractivity contribution < 1.29 is 15.0 Å². The third-order valence-electron chi connectivity index (χ3n) is 8.92. The lowest BCUT2D eigenvalue weighted by molar-refractivity contribution is -0.146. The molecule has 8 heteroatoms. The molecule has 194 valence electrons. The second-order valence-electron chi connectivity index (χ2n) is 11.2. The number of carbonyl (C=O) groups excluding carboxylic acids is 1. The average Bonchev–Trinajstić information content (AvgIpc) is 3.09. The van der Waals surface area contributed by atoms with Crippen LogP contribution in [0.1, 0.15) is 50.5 Å². The van der Waals surface area contributed by atoms with Crippen molar-refractivity contribution in [3.63, 3.8) is 0 Å². The predicted octanol–water partition coefficient (Wildman–Crippen LogP) is 2.60. The first-order valence-electron chi connectivity index (χ1n) is 13.1. The number of hydrogen-bond donors (Lipinski definition) is 3. The number of hydrogen-bond acceptors (Lipinski definition) is 7. The van der Waals surface area contributed by atoms with E-state index in [1.807, 2.05) is 11.0 Å². The molecule has 1 amide bonds. The summed E-state index contributed by atoms with van der Waals surface area (Å²) in [5.41, 5.74) is 0.208. The molecular formula is C28H39N5O3. The van der Waals surface area contributed by atoms with Gasteiger partial charge in [0, 0.05) is 30.4 Å². The number of aliphatic hydroxyl groups excluding tert-OH is 1. The fourth-order valence-electron chi connectivity index (χ4n) is 6.56. The molecule has 1 aromatic carbocycles. The maximum Gasteiger partial charge on any atom is 0.239 e. The first-order chi connectivity index (χ1) is 17.3. The minimum Gasteiger partial charge on any atom is -0.389 e. The van der Waals surface area contributed by atoms with Crippen molar-refractivity contribution in [3.05, 3.63) is 60.3 Å². The molecule has 1 spiro atoms. The van der Waals surface area contributed by atoms with Crippen LogP contribution in [0.4, 0.5) is 5.82 Å². The topological polar surface area (TPSA) is 92.2 Å². The van der Waals surface area contributed by atoms with Gasteiger partial charge in [-0.05, 0) is 76.7 Å². The molecule has 0 bridgehead atoms. The number of nitrogens with one attached hydrogen (secondary N) is 1. The summed E-state index contributed by atoms with van der Waals surface area (Å²) < 4.78 is 0. The second kappa shape index (κ2) is 9.84. The predicted molar refractivity (Wildman–Crippen MR) is 139 cm³/mol. The average molecular weight is 494 g/mol. The largest absolute Gasteiger partial charge is 0.389 e. The van der Waals surface area contributed by atoms with Gasteiger partial charge in [-0.15, -0.1) is 0 Å². The number of amides is 1. The highest BCUT2D eigenvalue weighted by molar-refractivity contribution is 5.91. The number of pyridine rings is 1. The highest BCUT2D eigenvalue weighted by atomic mass is 16.3. The summed E-state index contributed by atoms with van der Waals surface area (Å²) >= 11 is 0. The third kappa shape index (κ3) is 4.68. The Morgan fingerprint density at radius 3 is 2.33 bits per heavy atom. The van der Waals surface area contributed by atoms with Crippen LogP contribution in [0.3, 0.4) is 0 Å². The van der Waals surface area contributed by atoms with Gasteiger partial charge in [-0.2, -0.15) is 0 Å². The Hall–Kier alpha value is -2.36. The summed E-state index contributed by atoms with van der Waals surface area (Å²) in [5.74, 6) is 0.303. The molecular weight excluding hydrogens is 454 g/mol. The van der Waals surface area contributed by atoms with Gasteiger partial charge >= 0.3 is 0 Å². The van der Waals surface area contributed by atoms with Crippen LogP contribution in [0.2, 0.25) is 0 Å². The van der Waals surface area contributed by atoms with Gasteiger partial charge in [-0.25, -0.2) is 4.98 Å². The number of carbonyl (C=O) groups is 1. The number of benzene rings is 1. The van der Waals surface area contributed by atoms with E-state index < -0.39 is 12.0 Å². The summed E-state index contributed by atoms with van der Waals surface area (Å²) in [4.78, 5) is 23.3. The Morgan fingerprint density at radius 2 is 1.75 bits per heavy atom. The summed E-state index contributed by atoms with van der Waals surface area (Å²) in [6.45, 7) is 1.11. The highest BCUT2D eigenvalue weighted by Gasteiger charge is 2.56. The minimum absolute atomic E-state index is 0.0692. The van der Waals surface area contributed by atoms with Gasteiger partial charge in [0.05, 0.1) is 12.1 Å². The van der Waals surface area contributed by atoms with E-state index in [1.165, 1.54) is 5.56 Å². The maximum absolute atomic E-state index is 12.8. The van der Waals surface area contributed by atoms with Crippen LogP contribution in [0, 0.1) is 0 Å². The van der Waals surface area contributed by atoms with Crippen LogP contribution >= 0.6 is 0 Å². The van der Waals surface area contributed by atoms with Gasteiger partial charge in [-0.3, -0.25) is 19.5 Å². The van der Waals surface area contributed by atoms with E-state index in [1.54, 1.807) is 18.3 Å². The minimum atomic E-state index is -0.910. The lowest BCUT2D eigenvalue weighted by atomic mass is 9.67. The molecule has 8 nitrogen and oxygen atoms in total. The fraction of sp³-hybridized carbons (Fsp3) is 0.571.